The third kappa shape index (κ3) is 4.81. The van der Waals surface area contributed by atoms with Crippen LogP contribution in [0.15, 0.2) is 66.6 Å². The van der Waals surface area contributed by atoms with Crippen LogP contribution in [0.3, 0.4) is 0 Å². The highest BCUT2D eigenvalue weighted by atomic mass is 32.1. The molecule has 2 aromatic carbocycles. The maximum absolute atomic E-state index is 13.8. The molecular formula is C24H22FNO2S. The Hall–Kier alpha value is -3.18. The van der Waals surface area contributed by atoms with E-state index in [1.165, 1.54) is 22.6 Å². The number of benzene rings is 2. The molecule has 3 nitrogen and oxygen atoms in total. The van der Waals surface area contributed by atoms with Crippen LogP contribution in [-0.4, -0.2) is 5.91 Å². The molecule has 0 spiro atoms. The monoisotopic (exact) mass is 407 g/mol. The number of carbonyl (C=O) groups excluding carboxylic acids is 1. The Kier molecular flexibility index (Phi) is 6.62. The molecular weight excluding hydrogens is 385 g/mol. The Labute approximate surface area is 174 Å². The Balaban J connectivity index is 1.71. The van der Waals surface area contributed by atoms with E-state index in [0.717, 1.165) is 11.1 Å². The summed E-state index contributed by atoms with van der Waals surface area (Å²) in [5.74, 6) is -0.445. The van der Waals surface area contributed by atoms with Gasteiger partial charge in [-0.2, -0.15) is 0 Å². The molecule has 0 fully saturated rings. The molecule has 0 saturated heterocycles. The molecule has 0 aliphatic rings. The predicted octanol–water partition coefficient (Wildman–Crippen LogP) is 6.78. The second-order valence-electron chi connectivity index (χ2n) is 6.43. The second kappa shape index (κ2) is 9.34. The Morgan fingerprint density at radius 3 is 2.76 bits per heavy atom. The normalized spacial score (nSPS) is 11.2. The van der Waals surface area contributed by atoms with Crippen LogP contribution < -0.4 is 10.1 Å². The quantitative estimate of drug-likeness (QED) is 0.468. The van der Waals surface area contributed by atoms with Crippen molar-refractivity contribution in [1.29, 1.82) is 0 Å². The summed E-state index contributed by atoms with van der Waals surface area (Å²) in [6.45, 7) is 8.40. The predicted molar refractivity (Wildman–Crippen MR) is 119 cm³/mol. The van der Waals surface area contributed by atoms with Crippen molar-refractivity contribution in [3.8, 4) is 5.75 Å². The Morgan fingerprint density at radius 1 is 1.24 bits per heavy atom. The lowest BCUT2D eigenvalue weighted by Crippen LogP contribution is -2.13. The molecule has 1 amide bonds. The summed E-state index contributed by atoms with van der Waals surface area (Å²) in [6.07, 6.45) is 3.92. The van der Waals surface area contributed by atoms with E-state index in [4.69, 9.17) is 4.74 Å². The van der Waals surface area contributed by atoms with Gasteiger partial charge >= 0.3 is 0 Å². The van der Waals surface area contributed by atoms with Gasteiger partial charge < -0.3 is 10.1 Å². The topological polar surface area (TPSA) is 38.3 Å². The maximum atomic E-state index is 13.8. The molecule has 0 radical (unpaired) electrons. The van der Waals surface area contributed by atoms with E-state index >= 15 is 0 Å². The molecule has 1 N–H and O–H groups in total. The molecule has 0 saturated carbocycles. The lowest BCUT2D eigenvalue weighted by molar-refractivity contribution is 0.102. The first kappa shape index (κ1) is 20.6. The summed E-state index contributed by atoms with van der Waals surface area (Å²) in [4.78, 5) is 13.5. The number of carbonyl (C=O) groups is 1. The van der Waals surface area contributed by atoms with Gasteiger partial charge in [0, 0.05) is 22.2 Å². The van der Waals surface area contributed by atoms with Crippen LogP contribution in [0.1, 0.15) is 40.2 Å². The van der Waals surface area contributed by atoms with E-state index in [1.807, 2.05) is 19.1 Å². The molecule has 0 atom stereocenters. The zero-order chi connectivity index (χ0) is 20.8. The van der Waals surface area contributed by atoms with Crippen molar-refractivity contribution in [2.24, 2.45) is 0 Å². The van der Waals surface area contributed by atoms with E-state index < -0.39 is 11.7 Å². The minimum absolute atomic E-state index is 0.000373. The molecule has 0 aliphatic carbocycles. The lowest BCUT2D eigenvalue weighted by atomic mass is 10.1. The van der Waals surface area contributed by atoms with Gasteiger partial charge in [0.25, 0.3) is 5.91 Å². The van der Waals surface area contributed by atoms with Crippen LogP contribution in [0, 0.1) is 5.82 Å². The van der Waals surface area contributed by atoms with Crippen molar-refractivity contribution in [3.05, 3.63) is 94.0 Å². The minimum Gasteiger partial charge on any atom is -0.489 e. The van der Waals surface area contributed by atoms with Gasteiger partial charge in [0.05, 0.1) is 5.56 Å². The van der Waals surface area contributed by atoms with Gasteiger partial charge in [-0.15, -0.1) is 11.3 Å². The van der Waals surface area contributed by atoms with Crippen molar-refractivity contribution < 1.29 is 13.9 Å². The van der Waals surface area contributed by atoms with Crippen LogP contribution in [0.25, 0.3) is 11.6 Å². The van der Waals surface area contributed by atoms with Gasteiger partial charge in [-0.05, 0) is 54.6 Å². The number of anilines is 1. The van der Waals surface area contributed by atoms with Crippen LogP contribution >= 0.6 is 11.3 Å². The summed E-state index contributed by atoms with van der Waals surface area (Å²) < 4.78 is 19.7. The summed E-state index contributed by atoms with van der Waals surface area (Å²) in [6, 6.07) is 12.9. The van der Waals surface area contributed by atoms with E-state index in [0.29, 0.717) is 18.0 Å². The first-order valence-electron chi connectivity index (χ1n) is 9.18. The van der Waals surface area contributed by atoms with Gasteiger partial charge in [-0.3, -0.25) is 4.79 Å². The number of allylic oxidation sites excluding steroid dienone is 2. The lowest BCUT2D eigenvalue weighted by Gasteiger charge is -2.10. The van der Waals surface area contributed by atoms with Crippen molar-refractivity contribution in [2.75, 3.05) is 5.32 Å². The number of ether oxygens (including phenoxy) is 1. The smallest absolute Gasteiger partial charge is 0.258 e. The highest BCUT2D eigenvalue weighted by Crippen LogP contribution is 2.31. The van der Waals surface area contributed by atoms with Gasteiger partial charge in [0.15, 0.2) is 0 Å². The van der Waals surface area contributed by atoms with E-state index in [-0.39, 0.29) is 5.56 Å². The first-order valence-corrected chi connectivity index (χ1v) is 10.1. The van der Waals surface area contributed by atoms with Crippen LogP contribution in [0.4, 0.5) is 10.1 Å². The number of amides is 1. The largest absolute Gasteiger partial charge is 0.489 e. The molecule has 0 aliphatic heterocycles. The standard InChI is InChI=1S/C24H22FNO2S/c1-4-16(3)23-20(5-2)17(15-29-23)14-28-19-10-8-9-18(13-19)26-24(27)21-11-6-7-12-22(21)25/h4-13,15H,2,14H2,1,3H3,(H,26,27)/b16-4-. The van der Waals surface area contributed by atoms with Gasteiger partial charge in [-0.1, -0.05) is 36.9 Å². The SMILES string of the molecule is C=Cc1c(COc2cccc(NC(=O)c3ccccc3F)c2)csc1/C(C)=C\C. The molecule has 1 heterocycles. The fraction of sp³-hybridized carbons (Fsp3) is 0.125. The van der Waals surface area contributed by atoms with Crippen LogP contribution in [-0.2, 0) is 6.61 Å². The molecule has 0 unspecified atom stereocenters. The van der Waals surface area contributed by atoms with Gasteiger partial charge in [0.1, 0.15) is 18.2 Å². The minimum atomic E-state index is -0.556. The number of hydrogen-bond donors (Lipinski definition) is 1. The van der Waals surface area contributed by atoms with Crippen LogP contribution in [0.5, 0.6) is 5.75 Å². The number of hydrogen-bond acceptors (Lipinski definition) is 3. The van der Waals surface area contributed by atoms with E-state index in [2.05, 4.69) is 30.3 Å². The van der Waals surface area contributed by atoms with Gasteiger partial charge in [-0.25, -0.2) is 4.39 Å². The van der Waals surface area contributed by atoms with Crippen LogP contribution in [0.2, 0.25) is 0 Å². The van der Waals surface area contributed by atoms with Crippen molar-refractivity contribution in [3.63, 3.8) is 0 Å². The second-order valence-corrected chi connectivity index (χ2v) is 7.31. The fourth-order valence-corrected chi connectivity index (χ4v) is 3.94. The Bertz CT molecular complexity index is 1070. The first-order chi connectivity index (χ1) is 14.0. The third-order valence-corrected chi connectivity index (χ3v) is 5.69. The number of thiophene rings is 1. The summed E-state index contributed by atoms with van der Waals surface area (Å²) >= 11 is 1.67. The van der Waals surface area contributed by atoms with E-state index in [9.17, 15) is 9.18 Å². The average Bonchev–Trinajstić information content (AvgIpc) is 3.15. The molecule has 148 valence electrons. The van der Waals surface area contributed by atoms with Gasteiger partial charge in [0.2, 0.25) is 0 Å². The summed E-state index contributed by atoms with van der Waals surface area (Å²) in [5, 5.41) is 4.78. The zero-order valence-corrected chi connectivity index (χ0v) is 17.2. The zero-order valence-electron chi connectivity index (χ0n) is 16.4. The van der Waals surface area contributed by atoms with Crippen molar-refractivity contribution in [1.82, 2.24) is 0 Å². The van der Waals surface area contributed by atoms with Crippen molar-refractivity contribution >= 4 is 34.6 Å². The maximum Gasteiger partial charge on any atom is 0.258 e. The number of nitrogens with one attached hydrogen (secondary N) is 1. The molecule has 3 rings (SSSR count). The molecule has 1 aromatic heterocycles. The summed E-state index contributed by atoms with van der Waals surface area (Å²) in [5.41, 5.74) is 3.88. The Morgan fingerprint density at radius 2 is 2.03 bits per heavy atom. The highest BCUT2D eigenvalue weighted by molar-refractivity contribution is 7.11. The van der Waals surface area contributed by atoms with Crippen molar-refractivity contribution in [2.45, 2.75) is 20.5 Å². The fourth-order valence-electron chi connectivity index (χ4n) is 2.84. The summed E-state index contributed by atoms with van der Waals surface area (Å²) in [7, 11) is 0. The third-order valence-electron chi connectivity index (χ3n) is 4.51. The molecule has 5 heteroatoms. The molecule has 3 aromatic rings. The van der Waals surface area contributed by atoms with E-state index in [1.54, 1.807) is 41.7 Å². The number of rotatable bonds is 7. The number of halogens is 1. The molecule has 29 heavy (non-hydrogen) atoms. The highest BCUT2D eigenvalue weighted by Gasteiger charge is 2.13. The molecule has 0 bridgehead atoms. The average molecular weight is 408 g/mol.